The molecule has 0 radical (unpaired) electrons. The van der Waals surface area contributed by atoms with Gasteiger partial charge in [0.15, 0.2) is 0 Å². The summed E-state index contributed by atoms with van der Waals surface area (Å²) in [6.45, 7) is 3.66. The first-order chi connectivity index (χ1) is 7.68. The lowest BCUT2D eigenvalue weighted by molar-refractivity contribution is -0.131. The van der Waals surface area contributed by atoms with E-state index in [1.165, 1.54) is 0 Å². The summed E-state index contributed by atoms with van der Waals surface area (Å²) in [5.74, 6) is -0.981. The summed E-state index contributed by atoms with van der Waals surface area (Å²) in [7, 11) is -4.64. The Morgan fingerprint density at radius 1 is 1.18 bits per heavy atom. The highest BCUT2D eigenvalue weighted by Gasteiger charge is 2.00. The highest BCUT2D eigenvalue weighted by Crippen LogP contribution is 2.25. The first-order valence-electron chi connectivity index (χ1n) is 4.12. The number of ether oxygens (including phenoxy) is 1. The van der Waals surface area contributed by atoms with Crippen LogP contribution in [0.25, 0.3) is 0 Å². The molecule has 0 aromatic carbocycles. The van der Waals surface area contributed by atoms with Gasteiger partial charge in [0, 0.05) is 6.08 Å². The van der Waals surface area contributed by atoms with Crippen LogP contribution in [0.1, 0.15) is 0 Å². The molecule has 9 nitrogen and oxygen atoms in total. The van der Waals surface area contributed by atoms with Crippen molar-refractivity contribution >= 4 is 13.8 Å². The molecule has 0 amide bonds. The van der Waals surface area contributed by atoms with Gasteiger partial charge >= 0.3 is 13.8 Å². The fourth-order valence-electron chi connectivity index (χ4n) is 0.231. The normalized spacial score (nSPS) is 9.24. The first kappa shape index (κ1) is 21.5. The van der Waals surface area contributed by atoms with Crippen molar-refractivity contribution in [2.45, 2.75) is 0 Å². The zero-order valence-corrected chi connectivity index (χ0v) is 9.86. The minimum atomic E-state index is -4.64. The van der Waals surface area contributed by atoms with Crippen LogP contribution < -0.4 is 0 Å². The molecule has 10 heteroatoms. The van der Waals surface area contributed by atoms with E-state index in [2.05, 4.69) is 11.3 Å². The Balaban J connectivity index is -0.000000177. The van der Waals surface area contributed by atoms with Crippen molar-refractivity contribution in [1.29, 1.82) is 0 Å². The van der Waals surface area contributed by atoms with Gasteiger partial charge in [-0.15, -0.1) is 0 Å². The summed E-state index contributed by atoms with van der Waals surface area (Å²) in [4.78, 5) is 30.8. The molecule has 0 rings (SSSR count). The Morgan fingerprint density at radius 2 is 1.41 bits per heavy atom. The van der Waals surface area contributed by atoms with Crippen LogP contribution >= 0.6 is 7.82 Å². The molecule has 17 heavy (non-hydrogen) atoms. The topological polar surface area (TPSA) is 165 Å². The van der Waals surface area contributed by atoms with E-state index < -0.39 is 13.8 Å². The third-order valence-corrected chi connectivity index (χ3v) is 0.646. The minimum absolute atomic E-state index is 0.0278. The van der Waals surface area contributed by atoms with Gasteiger partial charge in [-0.3, -0.25) is 0 Å². The van der Waals surface area contributed by atoms with E-state index in [-0.39, 0.29) is 13.2 Å². The molecule has 0 spiro atoms. The molecule has 6 N–H and O–H groups in total. The second kappa shape index (κ2) is 15.2. The molecule has 0 heterocycles. The summed E-state index contributed by atoms with van der Waals surface area (Å²) in [5.41, 5.74) is 0. The van der Waals surface area contributed by atoms with Gasteiger partial charge in [0.05, 0.1) is 26.4 Å². The average Bonchev–Trinajstić information content (AvgIpc) is 2.17. The van der Waals surface area contributed by atoms with Crippen molar-refractivity contribution in [2.24, 2.45) is 0 Å². The number of rotatable bonds is 5. The van der Waals surface area contributed by atoms with Gasteiger partial charge in [-0.25, -0.2) is 9.36 Å². The van der Waals surface area contributed by atoms with Crippen LogP contribution in [0.4, 0.5) is 0 Å². The number of carbonyl (C=O) groups is 1. The largest absolute Gasteiger partial charge is 0.478 e. The number of hydrogen-bond donors (Lipinski definition) is 6. The number of carboxylic acids is 1. The summed E-state index contributed by atoms with van der Waals surface area (Å²) < 4.78 is 13.5. The SMILES string of the molecule is C=CC(=O)O.O=P(O)(O)O.OCCOCCO. The van der Waals surface area contributed by atoms with E-state index in [1.54, 1.807) is 0 Å². The van der Waals surface area contributed by atoms with Crippen LogP contribution in [-0.2, 0) is 14.1 Å². The van der Waals surface area contributed by atoms with Gasteiger partial charge in [-0.05, 0) is 0 Å². The van der Waals surface area contributed by atoms with Crippen LogP contribution in [0.5, 0.6) is 0 Å². The summed E-state index contributed by atoms with van der Waals surface area (Å²) in [6, 6.07) is 0. The number of aliphatic carboxylic acids is 1. The predicted octanol–water partition coefficient (Wildman–Crippen LogP) is -1.68. The monoisotopic (exact) mass is 276 g/mol. The summed E-state index contributed by atoms with van der Waals surface area (Å²) >= 11 is 0. The first-order valence-corrected chi connectivity index (χ1v) is 5.68. The molecule has 0 saturated heterocycles. The molecule has 0 atom stereocenters. The van der Waals surface area contributed by atoms with Crippen molar-refractivity contribution in [1.82, 2.24) is 0 Å². The van der Waals surface area contributed by atoms with Crippen LogP contribution in [-0.4, -0.2) is 62.4 Å². The molecule has 0 aliphatic carbocycles. The molecule has 0 fully saturated rings. The van der Waals surface area contributed by atoms with Gasteiger partial charge in [0.25, 0.3) is 0 Å². The van der Waals surface area contributed by atoms with E-state index in [4.69, 9.17) is 34.6 Å². The molecule has 0 unspecified atom stereocenters. The molecule has 0 aromatic rings. The van der Waals surface area contributed by atoms with Gasteiger partial charge in [-0.2, -0.15) is 0 Å². The van der Waals surface area contributed by atoms with Gasteiger partial charge < -0.3 is 34.7 Å². The lowest BCUT2D eigenvalue weighted by atomic mass is 10.7. The van der Waals surface area contributed by atoms with Gasteiger partial charge in [-0.1, -0.05) is 6.58 Å². The zero-order chi connectivity index (χ0) is 14.3. The summed E-state index contributed by atoms with van der Waals surface area (Å²) in [5, 5.41) is 23.8. The number of phosphoric acid groups is 1. The Morgan fingerprint density at radius 3 is 1.53 bits per heavy atom. The predicted molar refractivity (Wildman–Crippen MR) is 57.1 cm³/mol. The van der Waals surface area contributed by atoms with E-state index in [0.29, 0.717) is 13.2 Å². The molecule has 0 aliphatic heterocycles. The van der Waals surface area contributed by atoms with Crippen molar-refractivity contribution in [3.05, 3.63) is 12.7 Å². The number of carboxylic acid groups (broad SMARTS) is 1. The quantitative estimate of drug-likeness (QED) is 0.195. The van der Waals surface area contributed by atoms with Crippen LogP contribution in [0.2, 0.25) is 0 Å². The van der Waals surface area contributed by atoms with Crippen molar-refractivity contribution in [3.8, 4) is 0 Å². The fraction of sp³-hybridized carbons (Fsp3) is 0.571. The molecule has 0 aliphatic rings. The lowest BCUT2D eigenvalue weighted by Gasteiger charge is -1.94. The maximum absolute atomic E-state index is 9.25. The lowest BCUT2D eigenvalue weighted by Crippen LogP contribution is -2.03. The molecule has 0 aromatic heterocycles. The van der Waals surface area contributed by atoms with E-state index in [0.717, 1.165) is 6.08 Å². The minimum Gasteiger partial charge on any atom is -0.478 e. The van der Waals surface area contributed by atoms with Crippen LogP contribution in [0, 0.1) is 0 Å². The molecule has 104 valence electrons. The van der Waals surface area contributed by atoms with Crippen LogP contribution in [0.3, 0.4) is 0 Å². The van der Waals surface area contributed by atoms with E-state index >= 15 is 0 Å². The van der Waals surface area contributed by atoms with Crippen molar-refractivity contribution < 1.29 is 44.1 Å². The zero-order valence-electron chi connectivity index (χ0n) is 8.97. The number of aliphatic hydroxyl groups excluding tert-OH is 2. The molecule has 0 saturated carbocycles. The number of hydrogen-bond acceptors (Lipinski definition) is 5. The second-order valence-corrected chi connectivity index (χ2v) is 3.14. The molecule has 0 bridgehead atoms. The average molecular weight is 276 g/mol. The highest BCUT2D eigenvalue weighted by molar-refractivity contribution is 7.45. The van der Waals surface area contributed by atoms with Crippen LogP contribution in [0.15, 0.2) is 12.7 Å². The Kier molecular flexibility index (Phi) is 19.2. The van der Waals surface area contributed by atoms with Crippen molar-refractivity contribution in [3.63, 3.8) is 0 Å². The third kappa shape index (κ3) is 97.9. The molecular weight excluding hydrogens is 259 g/mol. The maximum Gasteiger partial charge on any atom is 0.466 e. The third-order valence-electron chi connectivity index (χ3n) is 0.646. The van der Waals surface area contributed by atoms with Gasteiger partial charge in [0.1, 0.15) is 0 Å². The molecular formula is C7H17O9P. The summed E-state index contributed by atoms with van der Waals surface area (Å²) in [6.07, 6.45) is 0.833. The smallest absolute Gasteiger partial charge is 0.466 e. The fourth-order valence-corrected chi connectivity index (χ4v) is 0.231. The highest BCUT2D eigenvalue weighted by atomic mass is 31.2. The van der Waals surface area contributed by atoms with Crippen molar-refractivity contribution in [2.75, 3.05) is 26.4 Å². The Labute approximate surface area is 97.8 Å². The van der Waals surface area contributed by atoms with E-state index in [1.807, 2.05) is 0 Å². The Bertz CT molecular complexity index is 211. The van der Waals surface area contributed by atoms with Gasteiger partial charge in [0.2, 0.25) is 0 Å². The second-order valence-electron chi connectivity index (χ2n) is 2.12. The Hall–Kier alpha value is -0.800. The van der Waals surface area contributed by atoms with E-state index in [9.17, 15) is 4.79 Å². The standard InChI is InChI=1S/C4H10O3.C3H4O2.H3O4P/c5-1-3-7-4-2-6;1-2-3(4)5;1-5(2,3)4/h5-6H,1-4H2;2H,1H2,(H,4,5);(H3,1,2,3,4). The number of aliphatic hydroxyl groups is 2. The maximum atomic E-state index is 9.25.